The van der Waals surface area contributed by atoms with Gasteiger partial charge in [-0.3, -0.25) is 29.0 Å². The number of nitriles is 1. The molecule has 1 saturated carbocycles. The number of anilines is 2. The van der Waals surface area contributed by atoms with Gasteiger partial charge in [-0.15, -0.1) is 0 Å². The van der Waals surface area contributed by atoms with E-state index in [2.05, 4.69) is 35.6 Å². The summed E-state index contributed by atoms with van der Waals surface area (Å²) in [6, 6.07) is 2.61. The minimum atomic E-state index is -3.85. The molecule has 2 unspecified atom stereocenters. The van der Waals surface area contributed by atoms with Crippen LogP contribution in [0.2, 0.25) is 0 Å². The van der Waals surface area contributed by atoms with Crippen molar-refractivity contribution in [2.75, 3.05) is 30.5 Å². The number of amides is 1. The topological polar surface area (TPSA) is 258 Å². The highest BCUT2D eigenvalue weighted by molar-refractivity contribution is 8.07. The largest absolute Gasteiger partial charge is 0.394 e. The molecule has 19 nitrogen and oxygen atoms in total. The highest BCUT2D eigenvalue weighted by Gasteiger charge is 2.49. The third kappa shape index (κ3) is 9.21. The van der Waals surface area contributed by atoms with Crippen molar-refractivity contribution in [3.8, 4) is 6.07 Å². The Morgan fingerprint density at radius 2 is 2.14 bits per heavy atom. The lowest BCUT2D eigenvalue weighted by Crippen LogP contribution is -2.33. The van der Waals surface area contributed by atoms with Crippen LogP contribution in [0, 0.1) is 29.1 Å². The first-order valence-corrected chi connectivity index (χ1v) is 19.7. The molecule has 0 spiro atoms. The summed E-state index contributed by atoms with van der Waals surface area (Å²) in [7, 11) is -3.57. The van der Waals surface area contributed by atoms with Crippen molar-refractivity contribution in [1.82, 2.24) is 29.5 Å². The number of aliphatic hydroxyl groups is 1. The lowest BCUT2D eigenvalue weighted by Gasteiger charge is -2.30. The molecular weight excluding hydrogens is 735 g/mol. The molecule has 4 heterocycles. The first-order chi connectivity index (χ1) is 24.3. The number of alkyl halides is 1. The number of imidazole rings is 1. The van der Waals surface area contributed by atoms with E-state index in [1.165, 1.54) is 29.5 Å². The van der Waals surface area contributed by atoms with Gasteiger partial charge in [-0.1, -0.05) is 20.8 Å². The van der Waals surface area contributed by atoms with Gasteiger partial charge in [-0.25, -0.2) is 19.3 Å². The number of nitrogens with zero attached hydrogens (tertiary/aromatic N) is 6. The summed E-state index contributed by atoms with van der Waals surface area (Å²) < 4.78 is 58.4. The number of rotatable bonds is 16. The Morgan fingerprint density at radius 3 is 2.80 bits per heavy atom. The molecule has 1 saturated heterocycles. The standard InChI is InChI=1S/C28H38FN9O10P2S/c1-14(2)25(40)36-28-35-24-21(26(41)37-28)33-13-38(24)27-22(15(3)18(10-39)46-27)48-50(51,44-8-4-6-30)45-11-16-9-17(20(29)23(16)47-49(42)43)34-19-5-7-31-12-32-19/h5,7,12-18,20,22-23,27,39,49H,4,8-11H2,1-3H3,(H,42,43)(H,31,32,34)(H2,35,36,37,40,41)/t15-,16-,17-,18-,20-,22-,23-,27-,50?/m1/s1. The van der Waals surface area contributed by atoms with Crippen molar-refractivity contribution in [2.24, 2.45) is 17.8 Å². The van der Waals surface area contributed by atoms with Gasteiger partial charge in [0.15, 0.2) is 17.4 Å². The van der Waals surface area contributed by atoms with E-state index in [0.717, 1.165) is 0 Å². The third-order valence-electron chi connectivity index (χ3n) is 8.38. The second kappa shape index (κ2) is 17.0. The average molecular weight is 774 g/mol. The molecule has 10 atom stereocenters. The number of hydrogen-bond acceptors (Lipinski definition) is 16. The van der Waals surface area contributed by atoms with Crippen molar-refractivity contribution >= 4 is 55.6 Å². The summed E-state index contributed by atoms with van der Waals surface area (Å²) in [5.74, 6) is -1.96. The Morgan fingerprint density at radius 1 is 1.35 bits per heavy atom. The first-order valence-electron chi connectivity index (χ1n) is 15.9. The third-order valence-corrected chi connectivity index (χ3v) is 11.2. The van der Waals surface area contributed by atoms with Gasteiger partial charge in [0.2, 0.25) is 11.9 Å². The smallest absolute Gasteiger partial charge is 0.327 e. The average Bonchev–Trinajstić information content (AvgIpc) is 3.74. The normalized spacial score (nSPS) is 28.0. The van der Waals surface area contributed by atoms with Crippen LogP contribution < -0.4 is 16.2 Å². The number of halogens is 1. The molecule has 2 aliphatic rings. The minimum absolute atomic E-state index is 0.0307. The zero-order chi connectivity index (χ0) is 36.9. The number of ether oxygens (including phenoxy) is 1. The van der Waals surface area contributed by atoms with E-state index >= 15 is 4.39 Å². The second-order valence-corrected chi connectivity index (χ2v) is 15.9. The molecule has 0 aromatic carbocycles. The van der Waals surface area contributed by atoms with Crippen molar-refractivity contribution in [1.29, 1.82) is 5.26 Å². The number of aromatic amines is 1. The van der Waals surface area contributed by atoms with Gasteiger partial charge in [0.05, 0.1) is 50.8 Å². The molecule has 1 amide bonds. The van der Waals surface area contributed by atoms with Gasteiger partial charge in [0.25, 0.3) is 5.56 Å². The van der Waals surface area contributed by atoms with Crippen LogP contribution in [0.4, 0.5) is 16.2 Å². The van der Waals surface area contributed by atoms with Crippen molar-refractivity contribution in [3.63, 3.8) is 0 Å². The zero-order valence-corrected chi connectivity index (χ0v) is 30.3. The van der Waals surface area contributed by atoms with Crippen molar-refractivity contribution < 1.29 is 46.6 Å². The van der Waals surface area contributed by atoms with E-state index in [9.17, 15) is 29.4 Å². The molecule has 278 valence electrons. The Hall–Kier alpha value is -3.28. The van der Waals surface area contributed by atoms with Crippen LogP contribution in [0.5, 0.6) is 0 Å². The van der Waals surface area contributed by atoms with Gasteiger partial charge in [-0.05, 0) is 24.3 Å². The maximum atomic E-state index is 15.6. The second-order valence-electron chi connectivity index (χ2n) is 12.2. The molecule has 1 aliphatic carbocycles. The van der Waals surface area contributed by atoms with E-state index in [1.807, 2.05) is 6.07 Å². The van der Waals surface area contributed by atoms with Crippen LogP contribution in [0.1, 0.15) is 39.8 Å². The van der Waals surface area contributed by atoms with Gasteiger partial charge < -0.3 is 38.1 Å². The quantitative estimate of drug-likeness (QED) is 0.103. The van der Waals surface area contributed by atoms with E-state index in [1.54, 1.807) is 20.8 Å². The lowest BCUT2D eigenvalue weighted by molar-refractivity contribution is -0.118. The summed E-state index contributed by atoms with van der Waals surface area (Å²) >= 11 is 5.80. The summed E-state index contributed by atoms with van der Waals surface area (Å²) in [6.07, 6.45) is -1.98. The number of H-pyrrole nitrogens is 1. The molecule has 0 radical (unpaired) electrons. The van der Waals surface area contributed by atoms with Gasteiger partial charge in [-0.2, -0.15) is 10.2 Å². The Kier molecular flexibility index (Phi) is 13.0. The van der Waals surface area contributed by atoms with E-state index in [4.69, 9.17) is 34.6 Å². The maximum Gasteiger partial charge on any atom is 0.327 e. The van der Waals surface area contributed by atoms with Crippen LogP contribution in [-0.2, 0) is 44.0 Å². The Bertz CT molecular complexity index is 1850. The van der Waals surface area contributed by atoms with Crippen molar-refractivity contribution in [2.45, 2.75) is 70.4 Å². The Labute approximate surface area is 296 Å². The number of carbonyl (C=O) groups is 1. The fourth-order valence-corrected chi connectivity index (χ4v) is 8.47. The molecule has 0 bridgehead atoms. The minimum Gasteiger partial charge on any atom is -0.394 e. The SMILES string of the molecule is CC(C)C(=O)Nc1nc2c(ncn2[C@@H]2O[C@H](CO)[C@@H](C)[C@H]2OP(=S)(OCCC#N)OC[C@H]2C[C@@H](Nc3ccncn3)[C@@H](F)[C@@H]2O[PH](=O)O)c(=O)[nH]1. The molecule has 1 aliphatic heterocycles. The monoisotopic (exact) mass is 773 g/mol. The number of aliphatic hydroxyl groups excluding tert-OH is 1. The number of carbonyl (C=O) groups excluding carboxylic acids is 1. The number of hydrogen-bond donors (Lipinski definition) is 5. The maximum absolute atomic E-state index is 15.6. The first kappa shape index (κ1) is 38.9. The molecule has 3 aromatic heterocycles. The molecule has 23 heteroatoms. The molecule has 2 fully saturated rings. The summed E-state index contributed by atoms with van der Waals surface area (Å²) in [4.78, 5) is 53.7. The van der Waals surface area contributed by atoms with Gasteiger partial charge in [0.1, 0.15) is 30.5 Å². The predicted molar refractivity (Wildman–Crippen MR) is 182 cm³/mol. The van der Waals surface area contributed by atoms with Gasteiger partial charge in [0, 0.05) is 24.0 Å². The van der Waals surface area contributed by atoms with Crippen LogP contribution >= 0.6 is 15.0 Å². The molecule has 5 N–H and O–H groups in total. The van der Waals surface area contributed by atoms with Crippen LogP contribution in [-0.4, -0.2) is 95.7 Å². The lowest BCUT2D eigenvalue weighted by atomic mass is 10.0. The fraction of sp³-hybridized carbons (Fsp3) is 0.607. The molecule has 5 rings (SSSR count). The summed E-state index contributed by atoms with van der Waals surface area (Å²) in [5, 5.41) is 24.8. The molecule has 51 heavy (non-hydrogen) atoms. The Balaban J connectivity index is 1.42. The van der Waals surface area contributed by atoms with Gasteiger partial charge >= 0.3 is 15.0 Å². The van der Waals surface area contributed by atoms with Crippen molar-refractivity contribution in [3.05, 3.63) is 35.3 Å². The highest BCUT2D eigenvalue weighted by Crippen LogP contribution is 2.56. The summed E-state index contributed by atoms with van der Waals surface area (Å²) in [6.45, 7) is 0.282. The number of fused-ring (bicyclic) bond motifs is 1. The summed E-state index contributed by atoms with van der Waals surface area (Å²) in [5.41, 5.74) is -0.670. The molecule has 3 aromatic rings. The van der Waals surface area contributed by atoms with E-state index < -0.39 is 81.6 Å². The van der Waals surface area contributed by atoms with Crippen LogP contribution in [0.15, 0.2) is 29.7 Å². The number of nitrogens with one attached hydrogen (secondary N) is 3. The number of aromatic nitrogens is 6. The van der Waals surface area contributed by atoms with E-state index in [0.29, 0.717) is 5.82 Å². The van der Waals surface area contributed by atoms with E-state index in [-0.39, 0.29) is 49.1 Å². The van der Waals surface area contributed by atoms with Crippen LogP contribution in [0.3, 0.4) is 0 Å². The zero-order valence-electron chi connectivity index (χ0n) is 27.6. The fourth-order valence-electron chi connectivity index (χ4n) is 5.73. The highest BCUT2D eigenvalue weighted by atomic mass is 32.5. The van der Waals surface area contributed by atoms with Crippen LogP contribution in [0.25, 0.3) is 11.2 Å². The predicted octanol–water partition coefficient (Wildman–Crippen LogP) is 2.19. The molecular formula is C28H38FN9O10P2S.